The number of imidazole rings is 1. The van der Waals surface area contributed by atoms with Crippen LogP contribution in [0.4, 0.5) is 5.82 Å². The highest BCUT2D eigenvalue weighted by Gasteiger charge is 2.20. The number of aromatic carboxylic acids is 1. The Kier molecular flexibility index (Phi) is 2.87. The zero-order valence-corrected chi connectivity index (χ0v) is 10.7. The van der Waals surface area contributed by atoms with Crippen LogP contribution in [0, 0.1) is 0 Å². The van der Waals surface area contributed by atoms with E-state index in [1.807, 2.05) is 11.1 Å². The molecule has 1 aliphatic heterocycles. The normalized spacial score (nSPS) is 14.3. The van der Waals surface area contributed by atoms with Gasteiger partial charge in [-0.05, 0) is 6.07 Å². The molecular weight excluding hydrogens is 268 g/mol. The second-order valence-corrected chi connectivity index (χ2v) is 4.69. The van der Waals surface area contributed by atoms with Gasteiger partial charge >= 0.3 is 5.97 Å². The lowest BCUT2D eigenvalue weighted by molar-refractivity contribution is 0.0697. The van der Waals surface area contributed by atoms with Crippen LogP contribution in [0.5, 0.6) is 0 Å². The fraction of sp³-hybridized carbons (Fsp3) is 0.250. The summed E-state index contributed by atoms with van der Waals surface area (Å²) in [5, 5.41) is 9.21. The third kappa shape index (κ3) is 2.15. The highest BCUT2D eigenvalue weighted by Crippen LogP contribution is 2.23. The van der Waals surface area contributed by atoms with E-state index in [1.165, 1.54) is 12.3 Å². The minimum absolute atomic E-state index is 0.0700. The molecule has 0 amide bonds. The van der Waals surface area contributed by atoms with E-state index in [1.54, 1.807) is 6.20 Å². The zero-order chi connectivity index (χ0) is 13.4. The largest absolute Gasteiger partial charge is 0.478 e. The first-order chi connectivity index (χ1) is 9.15. The summed E-state index contributed by atoms with van der Waals surface area (Å²) in [5.74, 6) is 0.503. The van der Waals surface area contributed by atoms with Crippen molar-refractivity contribution >= 4 is 23.4 Å². The molecule has 0 aliphatic carbocycles. The number of nitrogens with zero attached hydrogens (tertiary/aromatic N) is 4. The van der Waals surface area contributed by atoms with Crippen LogP contribution in [0.1, 0.15) is 16.2 Å². The van der Waals surface area contributed by atoms with Crippen molar-refractivity contribution in [1.82, 2.24) is 14.5 Å². The highest BCUT2D eigenvalue weighted by atomic mass is 35.5. The molecule has 1 aliphatic rings. The minimum atomic E-state index is -1.05. The molecule has 0 bridgehead atoms. The van der Waals surface area contributed by atoms with Gasteiger partial charge in [0.25, 0.3) is 0 Å². The molecule has 0 radical (unpaired) electrons. The van der Waals surface area contributed by atoms with Gasteiger partial charge < -0.3 is 14.6 Å². The van der Waals surface area contributed by atoms with Crippen LogP contribution in [0.2, 0.25) is 5.02 Å². The fourth-order valence-corrected chi connectivity index (χ4v) is 2.32. The first-order valence-electron chi connectivity index (χ1n) is 5.79. The van der Waals surface area contributed by atoms with E-state index in [0.717, 1.165) is 18.9 Å². The van der Waals surface area contributed by atoms with Crippen LogP contribution in [0.25, 0.3) is 0 Å². The number of fused-ring (bicyclic) bond motifs is 1. The van der Waals surface area contributed by atoms with E-state index >= 15 is 0 Å². The lowest BCUT2D eigenvalue weighted by atomic mass is 10.2. The molecule has 3 rings (SSSR count). The molecule has 6 nitrogen and oxygen atoms in total. The van der Waals surface area contributed by atoms with Crippen molar-refractivity contribution in [2.45, 2.75) is 13.1 Å². The summed E-state index contributed by atoms with van der Waals surface area (Å²) in [6.07, 6.45) is 5.07. The maximum Gasteiger partial charge on any atom is 0.337 e. The van der Waals surface area contributed by atoms with Gasteiger partial charge in [-0.15, -0.1) is 0 Å². The quantitative estimate of drug-likeness (QED) is 0.904. The van der Waals surface area contributed by atoms with Crippen molar-refractivity contribution < 1.29 is 9.90 Å². The van der Waals surface area contributed by atoms with Crippen LogP contribution >= 0.6 is 11.6 Å². The van der Waals surface area contributed by atoms with E-state index < -0.39 is 5.97 Å². The topological polar surface area (TPSA) is 71.2 Å². The predicted molar refractivity (Wildman–Crippen MR) is 69.5 cm³/mol. The van der Waals surface area contributed by atoms with Gasteiger partial charge in [-0.2, -0.15) is 0 Å². The van der Waals surface area contributed by atoms with Crippen molar-refractivity contribution in [3.05, 3.63) is 41.1 Å². The molecule has 3 heterocycles. The number of anilines is 1. The molecule has 0 atom stereocenters. The molecule has 0 saturated heterocycles. The number of halogens is 1. The number of hydrogen-bond donors (Lipinski definition) is 1. The van der Waals surface area contributed by atoms with Gasteiger partial charge in [0.15, 0.2) is 0 Å². The number of pyridine rings is 1. The first kappa shape index (κ1) is 12.0. The molecule has 2 aromatic rings. The standard InChI is InChI=1S/C12H11ClN4O2/c13-9-6-15-10(5-8(9)12(18)19)17-4-3-16-2-1-14-11(16)7-17/h1-2,5-6H,3-4,7H2,(H,18,19). The minimum Gasteiger partial charge on any atom is -0.478 e. The van der Waals surface area contributed by atoms with Gasteiger partial charge in [0.1, 0.15) is 11.6 Å². The smallest absolute Gasteiger partial charge is 0.337 e. The molecule has 0 aromatic carbocycles. The first-order valence-corrected chi connectivity index (χ1v) is 6.17. The molecule has 0 unspecified atom stereocenters. The summed E-state index contributed by atoms with van der Waals surface area (Å²) in [5.41, 5.74) is 0.0700. The lowest BCUT2D eigenvalue weighted by Gasteiger charge is -2.28. The van der Waals surface area contributed by atoms with Crippen molar-refractivity contribution in [3.63, 3.8) is 0 Å². The Morgan fingerprint density at radius 2 is 2.21 bits per heavy atom. The van der Waals surface area contributed by atoms with Crippen LogP contribution in [-0.2, 0) is 13.1 Å². The van der Waals surface area contributed by atoms with Crippen LogP contribution < -0.4 is 4.90 Å². The van der Waals surface area contributed by atoms with Crippen molar-refractivity contribution in [1.29, 1.82) is 0 Å². The number of rotatable bonds is 2. The summed E-state index contributed by atoms with van der Waals surface area (Å²) in [7, 11) is 0. The molecule has 2 aromatic heterocycles. The molecule has 1 N–H and O–H groups in total. The Hall–Kier alpha value is -2.08. The number of carbonyl (C=O) groups is 1. The average Bonchev–Trinajstić information content (AvgIpc) is 2.86. The summed E-state index contributed by atoms with van der Waals surface area (Å²) < 4.78 is 2.07. The van der Waals surface area contributed by atoms with E-state index in [9.17, 15) is 4.79 Å². The van der Waals surface area contributed by atoms with Crippen molar-refractivity contribution in [3.8, 4) is 0 Å². The molecule has 7 heteroatoms. The SMILES string of the molecule is O=C(O)c1cc(N2CCn3ccnc3C2)ncc1Cl. The number of carboxylic acids is 1. The van der Waals surface area contributed by atoms with Gasteiger partial charge in [-0.25, -0.2) is 14.8 Å². The van der Waals surface area contributed by atoms with Crippen molar-refractivity contribution in [2.24, 2.45) is 0 Å². The molecule has 0 saturated carbocycles. The predicted octanol–water partition coefficient (Wildman–Crippen LogP) is 1.65. The molecule has 98 valence electrons. The monoisotopic (exact) mass is 278 g/mol. The Morgan fingerprint density at radius 3 is 3.00 bits per heavy atom. The average molecular weight is 279 g/mol. The molecule has 0 fully saturated rings. The van der Waals surface area contributed by atoms with Gasteiger partial charge in [0.2, 0.25) is 0 Å². The number of aromatic nitrogens is 3. The fourth-order valence-electron chi connectivity index (χ4n) is 2.13. The van der Waals surface area contributed by atoms with Crippen LogP contribution in [0.3, 0.4) is 0 Å². The van der Waals surface area contributed by atoms with Gasteiger partial charge in [-0.3, -0.25) is 0 Å². The molecular formula is C12H11ClN4O2. The van der Waals surface area contributed by atoms with Gasteiger partial charge in [-0.1, -0.05) is 11.6 Å². The van der Waals surface area contributed by atoms with E-state index in [0.29, 0.717) is 12.4 Å². The lowest BCUT2D eigenvalue weighted by Crippen LogP contribution is -2.34. The summed E-state index contributed by atoms with van der Waals surface area (Å²) in [6, 6.07) is 1.50. The Balaban J connectivity index is 1.92. The highest BCUT2D eigenvalue weighted by molar-refractivity contribution is 6.33. The second kappa shape index (κ2) is 4.55. The third-order valence-corrected chi connectivity index (χ3v) is 3.44. The van der Waals surface area contributed by atoms with Crippen LogP contribution in [0.15, 0.2) is 24.7 Å². The van der Waals surface area contributed by atoms with Gasteiger partial charge in [0.05, 0.1) is 17.1 Å². The number of carboxylic acid groups (broad SMARTS) is 1. The van der Waals surface area contributed by atoms with E-state index in [4.69, 9.17) is 16.7 Å². The van der Waals surface area contributed by atoms with Gasteiger partial charge in [0, 0.05) is 31.7 Å². The maximum absolute atomic E-state index is 11.1. The Bertz CT molecular complexity index is 640. The molecule has 0 spiro atoms. The summed E-state index contributed by atoms with van der Waals surface area (Å²) in [4.78, 5) is 21.5. The summed E-state index contributed by atoms with van der Waals surface area (Å²) >= 11 is 5.82. The third-order valence-electron chi connectivity index (χ3n) is 3.14. The zero-order valence-electron chi connectivity index (χ0n) is 9.95. The van der Waals surface area contributed by atoms with Crippen molar-refractivity contribution in [2.75, 3.05) is 11.4 Å². The summed E-state index contributed by atoms with van der Waals surface area (Å²) in [6.45, 7) is 2.18. The Morgan fingerprint density at radius 1 is 1.37 bits per heavy atom. The second-order valence-electron chi connectivity index (χ2n) is 4.29. The van der Waals surface area contributed by atoms with E-state index in [2.05, 4.69) is 14.5 Å². The maximum atomic E-state index is 11.1. The van der Waals surface area contributed by atoms with Crippen LogP contribution in [-0.4, -0.2) is 32.2 Å². The Labute approximate surface area is 114 Å². The molecule has 19 heavy (non-hydrogen) atoms. The van der Waals surface area contributed by atoms with E-state index in [-0.39, 0.29) is 10.6 Å². The number of hydrogen-bond acceptors (Lipinski definition) is 4.